The first-order valence-corrected chi connectivity index (χ1v) is 14.2. The van der Waals surface area contributed by atoms with Gasteiger partial charge in [0.15, 0.2) is 17.3 Å². The minimum atomic E-state index is -0.667. The molecule has 2 aliphatic carbocycles. The van der Waals surface area contributed by atoms with Gasteiger partial charge >= 0.3 is 0 Å². The SMILES string of the molecule is CC(C)CN(C(=O)C=Cc1ccccc1)C1CC[C@H]2[C@H]3Cc4cc(C(=O)CO)c(O)c5c4[C@@]2(CCN3C)C1O5. The lowest BCUT2D eigenvalue weighted by Crippen LogP contribution is -2.68. The van der Waals surface area contributed by atoms with E-state index in [9.17, 15) is 19.8 Å². The summed E-state index contributed by atoms with van der Waals surface area (Å²) in [7, 11) is 2.17. The fourth-order valence-corrected chi connectivity index (χ4v) is 8.01. The fourth-order valence-electron chi connectivity index (χ4n) is 8.01. The van der Waals surface area contributed by atoms with Crippen molar-refractivity contribution in [2.75, 3.05) is 26.7 Å². The van der Waals surface area contributed by atoms with Crippen LogP contribution in [-0.4, -0.2) is 76.6 Å². The molecular formula is C32H38N2O5. The van der Waals surface area contributed by atoms with E-state index >= 15 is 0 Å². The first-order valence-electron chi connectivity index (χ1n) is 14.2. The Hall–Kier alpha value is -3.16. The predicted molar refractivity (Wildman–Crippen MR) is 149 cm³/mol. The number of aliphatic hydroxyl groups is 1. The van der Waals surface area contributed by atoms with E-state index in [0.29, 0.717) is 24.3 Å². The topological polar surface area (TPSA) is 90.3 Å². The van der Waals surface area contributed by atoms with Crippen molar-refractivity contribution in [3.05, 3.63) is 64.7 Å². The summed E-state index contributed by atoms with van der Waals surface area (Å²) in [6, 6.07) is 11.8. The first kappa shape index (κ1) is 26.1. The molecule has 206 valence electrons. The molecule has 2 heterocycles. The average molecular weight is 531 g/mol. The number of benzene rings is 2. The number of aromatic hydroxyl groups is 1. The van der Waals surface area contributed by atoms with Gasteiger partial charge in [-0.15, -0.1) is 0 Å². The molecule has 1 spiro atoms. The van der Waals surface area contributed by atoms with Gasteiger partial charge in [-0.1, -0.05) is 44.2 Å². The van der Waals surface area contributed by atoms with Crippen LogP contribution in [0.4, 0.5) is 0 Å². The Morgan fingerprint density at radius 2 is 2.00 bits per heavy atom. The Kier molecular flexibility index (Phi) is 6.55. The van der Waals surface area contributed by atoms with Gasteiger partial charge in [-0.05, 0) is 74.4 Å². The van der Waals surface area contributed by atoms with E-state index in [2.05, 4.69) is 25.8 Å². The molecule has 2 fully saturated rings. The summed E-state index contributed by atoms with van der Waals surface area (Å²) in [5.74, 6) is 0.298. The molecule has 0 radical (unpaired) electrons. The van der Waals surface area contributed by atoms with Crippen molar-refractivity contribution in [1.29, 1.82) is 0 Å². The minimum absolute atomic E-state index is 0.0344. The third-order valence-electron chi connectivity index (χ3n) is 9.58. The Morgan fingerprint density at radius 1 is 1.23 bits per heavy atom. The number of hydrogen-bond acceptors (Lipinski definition) is 6. The van der Waals surface area contributed by atoms with E-state index in [0.717, 1.165) is 48.9 Å². The van der Waals surface area contributed by atoms with E-state index in [1.165, 1.54) is 0 Å². The van der Waals surface area contributed by atoms with Crippen molar-refractivity contribution in [1.82, 2.24) is 9.80 Å². The van der Waals surface area contributed by atoms with E-state index in [-0.39, 0.29) is 40.7 Å². The monoisotopic (exact) mass is 530 g/mol. The smallest absolute Gasteiger partial charge is 0.246 e. The molecule has 7 nitrogen and oxygen atoms in total. The molecule has 2 bridgehead atoms. The number of ether oxygens (including phenoxy) is 1. The quantitative estimate of drug-likeness (QED) is 0.418. The molecule has 1 saturated carbocycles. The van der Waals surface area contributed by atoms with E-state index in [1.807, 2.05) is 41.3 Å². The van der Waals surface area contributed by atoms with Crippen molar-refractivity contribution in [2.24, 2.45) is 11.8 Å². The number of amides is 1. The van der Waals surface area contributed by atoms with Crippen LogP contribution in [0.15, 0.2) is 42.5 Å². The van der Waals surface area contributed by atoms with E-state index < -0.39 is 12.4 Å². The molecule has 39 heavy (non-hydrogen) atoms. The molecule has 6 rings (SSSR count). The molecule has 2 aliphatic heterocycles. The van der Waals surface area contributed by atoms with Gasteiger partial charge < -0.3 is 24.7 Å². The second-order valence-corrected chi connectivity index (χ2v) is 12.2. The molecule has 2 aromatic rings. The molecule has 2 N–H and O–H groups in total. The molecule has 2 aromatic carbocycles. The molecule has 4 aliphatic rings. The number of carbonyl (C=O) groups excluding carboxylic acids is 2. The number of carbonyl (C=O) groups is 2. The summed E-state index contributed by atoms with van der Waals surface area (Å²) in [5, 5.41) is 20.8. The highest BCUT2D eigenvalue weighted by molar-refractivity contribution is 6.01. The van der Waals surface area contributed by atoms with Gasteiger partial charge in [0.1, 0.15) is 12.7 Å². The molecular weight excluding hydrogens is 492 g/mol. The Labute approximate surface area is 230 Å². The summed E-state index contributed by atoms with van der Waals surface area (Å²) in [6.45, 7) is 5.10. The number of likely N-dealkylation sites (N-methyl/N-ethyl adjacent to an activating group) is 1. The van der Waals surface area contributed by atoms with Crippen LogP contribution in [0.2, 0.25) is 0 Å². The molecule has 7 heteroatoms. The number of hydrogen-bond donors (Lipinski definition) is 2. The number of likely N-dealkylation sites (tertiary alicyclic amines) is 1. The number of nitrogens with zero attached hydrogens (tertiary/aromatic N) is 2. The van der Waals surface area contributed by atoms with Gasteiger partial charge in [0.2, 0.25) is 5.91 Å². The maximum absolute atomic E-state index is 13.8. The van der Waals surface area contributed by atoms with Gasteiger partial charge in [-0.2, -0.15) is 0 Å². The van der Waals surface area contributed by atoms with Crippen molar-refractivity contribution < 1.29 is 24.5 Å². The van der Waals surface area contributed by atoms with Crippen molar-refractivity contribution in [3.8, 4) is 11.5 Å². The Morgan fingerprint density at radius 3 is 2.72 bits per heavy atom. The average Bonchev–Trinajstić information content (AvgIpc) is 3.29. The van der Waals surface area contributed by atoms with Crippen LogP contribution >= 0.6 is 0 Å². The number of Topliss-reactive ketones (excluding diaryl/α,β-unsaturated/α-hetero) is 1. The lowest BCUT2D eigenvalue weighted by atomic mass is 9.51. The van der Waals surface area contributed by atoms with E-state index in [4.69, 9.17) is 4.74 Å². The summed E-state index contributed by atoms with van der Waals surface area (Å²) >= 11 is 0. The lowest BCUT2D eigenvalue weighted by Gasteiger charge is -2.60. The summed E-state index contributed by atoms with van der Waals surface area (Å²) in [4.78, 5) is 30.8. The number of phenols is 1. The van der Waals surface area contributed by atoms with Crippen molar-refractivity contribution in [2.45, 2.75) is 63.1 Å². The van der Waals surface area contributed by atoms with Gasteiger partial charge in [0.25, 0.3) is 0 Å². The number of piperidine rings is 1. The molecule has 1 saturated heterocycles. The second-order valence-electron chi connectivity index (χ2n) is 12.2. The van der Waals surface area contributed by atoms with Gasteiger partial charge in [-0.3, -0.25) is 9.59 Å². The zero-order chi connectivity index (χ0) is 27.5. The van der Waals surface area contributed by atoms with Crippen LogP contribution in [0.25, 0.3) is 6.08 Å². The summed E-state index contributed by atoms with van der Waals surface area (Å²) < 4.78 is 6.75. The van der Waals surface area contributed by atoms with Crippen LogP contribution < -0.4 is 4.74 Å². The first-order chi connectivity index (χ1) is 18.8. The van der Waals surface area contributed by atoms with Crippen LogP contribution in [-0.2, 0) is 16.6 Å². The fraction of sp³-hybridized carbons (Fsp3) is 0.500. The maximum Gasteiger partial charge on any atom is 0.246 e. The second kappa shape index (κ2) is 9.79. The Bertz CT molecular complexity index is 1320. The minimum Gasteiger partial charge on any atom is -0.504 e. The Balaban J connectivity index is 1.44. The van der Waals surface area contributed by atoms with Crippen molar-refractivity contribution >= 4 is 17.8 Å². The highest BCUT2D eigenvalue weighted by Gasteiger charge is 2.66. The standard InChI is InChI=1S/C32H38N2O5/c1-19(2)17-34(27(37)12-9-20-7-5-4-6-8-20)24-11-10-23-25-16-21-15-22(26(36)18-35)29(38)30-28(21)32(23,31(24)39-30)13-14-33(25)3/h4-9,12,15,19,23-25,31,35,38H,10-11,13-14,16-18H2,1-3H3/t23-,24?,25+,31?,32-/m0/s1. The number of rotatable bonds is 7. The van der Waals surface area contributed by atoms with Gasteiger partial charge in [0, 0.05) is 29.6 Å². The third-order valence-corrected chi connectivity index (χ3v) is 9.58. The normalized spacial score (nSPS) is 28.8. The van der Waals surface area contributed by atoms with Crippen molar-refractivity contribution in [3.63, 3.8) is 0 Å². The molecule has 5 atom stereocenters. The number of aliphatic hydroxyl groups excluding tert-OH is 1. The maximum atomic E-state index is 13.8. The predicted octanol–water partition coefficient (Wildman–Crippen LogP) is 3.80. The largest absolute Gasteiger partial charge is 0.504 e. The molecule has 1 amide bonds. The number of phenolic OH excluding ortho intramolecular Hbond substituents is 1. The summed E-state index contributed by atoms with van der Waals surface area (Å²) in [6.07, 6.45) is 6.69. The third kappa shape index (κ3) is 4.01. The van der Waals surface area contributed by atoms with Crippen LogP contribution in [0.1, 0.15) is 60.2 Å². The lowest BCUT2D eigenvalue weighted by molar-refractivity contribution is -0.138. The van der Waals surface area contributed by atoms with Crippen LogP contribution in [0.3, 0.4) is 0 Å². The highest BCUT2D eigenvalue weighted by atomic mass is 16.5. The van der Waals surface area contributed by atoms with Gasteiger partial charge in [-0.25, -0.2) is 0 Å². The zero-order valence-electron chi connectivity index (χ0n) is 23.0. The van der Waals surface area contributed by atoms with Crippen LogP contribution in [0, 0.1) is 11.8 Å². The molecule has 0 aromatic heterocycles. The van der Waals surface area contributed by atoms with Crippen LogP contribution in [0.5, 0.6) is 11.5 Å². The highest BCUT2D eigenvalue weighted by Crippen LogP contribution is 2.64. The zero-order valence-corrected chi connectivity index (χ0v) is 23.0. The summed E-state index contributed by atoms with van der Waals surface area (Å²) in [5.41, 5.74) is 2.85. The number of ketones is 1. The van der Waals surface area contributed by atoms with E-state index in [1.54, 1.807) is 12.1 Å². The molecule has 2 unspecified atom stereocenters. The van der Waals surface area contributed by atoms with Gasteiger partial charge in [0.05, 0.1) is 11.6 Å².